The molecule has 0 atom stereocenters. The fourth-order valence-corrected chi connectivity index (χ4v) is 2.80. The van der Waals surface area contributed by atoms with Crippen LogP contribution in [-0.4, -0.2) is 46.9 Å². The molecule has 0 aliphatic carbocycles. The van der Waals surface area contributed by atoms with E-state index in [0.717, 1.165) is 51.4 Å². The van der Waals surface area contributed by atoms with Gasteiger partial charge < -0.3 is 20.4 Å². The molecule has 0 bridgehead atoms. The molecule has 0 heterocycles. The molecule has 0 aliphatic rings. The molecule has 4 heteroatoms. The number of benzene rings is 1. The third kappa shape index (κ3) is 6.44. The fraction of sp³-hybridized carbons (Fsp3) is 0.667. The molecule has 1 aromatic rings. The topological polar surface area (TPSA) is 80.9 Å². The Morgan fingerprint density at radius 2 is 0.682 bits per heavy atom. The van der Waals surface area contributed by atoms with Crippen LogP contribution in [0.3, 0.4) is 0 Å². The van der Waals surface area contributed by atoms with Crippen LogP contribution in [0.1, 0.15) is 47.9 Å². The molecule has 126 valence electrons. The van der Waals surface area contributed by atoms with E-state index in [1.165, 1.54) is 22.3 Å². The van der Waals surface area contributed by atoms with E-state index in [9.17, 15) is 0 Å². The summed E-state index contributed by atoms with van der Waals surface area (Å²) in [4.78, 5) is 0. The van der Waals surface area contributed by atoms with Gasteiger partial charge >= 0.3 is 0 Å². The average Bonchev–Trinajstić information content (AvgIpc) is 2.55. The monoisotopic (exact) mass is 310 g/mol. The lowest BCUT2D eigenvalue weighted by Gasteiger charge is -2.16. The minimum atomic E-state index is 0.178. The van der Waals surface area contributed by atoms with Gasteiger partial charge in [0.2, 0.25) is 0 Å². The second-order valence-electron chi connectivity index (χ2n) is 5.70. The summed E-state index contributed by atoms with van der Waals surface area (Å²) in [6.07, 6.45) is 6.30. The number of rotatable bonds is 12. The summed E-state index contributed by atoms with van der Waals surface area (Å²) in [7, 11) is 0. The minimum absolute atomic E-state index is 0.178. The zero-order chi connectivity index (χ0) is 16.2. The van der Waals surface area contributed by atoms with E-state index in [1.54, 1.807) is 0 Å². The van der Waals surface area contributed by atoms with E-state index in [0.29, 0.717) is 0 Å². The van der Waals surface area contributed by atoms with E-state index in [4.69, 9.17) is 20.4 Å². The van der Waals surface area contributed by atoms with Crippen molar-refractivity contribution in [2.75, 3.05) is 26.4 Å². The molecule has 0 fully saturated rings. The Kier molecular flexibility index (Phi) is 10.1. The highest BCUT2D eigenvalue weighted by Crippen LogP contribution is 2.23. The van der Waals surface area contributed by atoms with Gasteiger partial charge in [-0.15, -0.1) is 0 Å². The maximum Gasteiger partial charge on any atom is 0.0434 e. The molecule has 1 aromatic carbocycles. The van der Waals surface area contributed by atoms with Crippen molar-refractivity contribution in [2.24, 2.45) is 0 Å². The smallest absolute Gasteiger partial charge is 0.0434 e. The van der Waals surface area contributed by atoms with Crippen molar-refractivity contribution in [1.82, 2.24) is 0 Å². The lowest BCUT2D eigenvalue weighted by molar-refractivity contribution is 0.285. The summed E-state index contributed by atoms with van der Waals surface area (Å²) in [5.74, 6) is 0. The summed E-state index contributed by atoms with van der Waals surface area (Å²) in [6.45, 7) is 0.713. The van der Waals surface area contributed by atoms with Crippen molar-refractivity contribution >= 4 is 0 Å². The van der Waals surface area contributed by atoms with E-state index in [1.807, 2.05) is 0 Å². The van der Waals surface area contributed by atoms with Gasteiger partial charge in [-0.3, -0.25) is 0 Å². The summed E-state index contributed by atoms with van der Waals surface area (Å²) >= 11 is 0. The third-order valence-electron chi connectivity index (χ3n) is 3.94. The molecule has 0 saturated heterocycles. The molecule has 0 spiro atoms. The second kappa shape index (κ2) is 11.6. The van der Waals surface area contributed by atoms with Gasteiger partial charge in [0.1, 0.15) is 0 Å². The zero-order valence-electron chi connectivity index (χ0n) is 13.4. The Morgan fingerprint density at radius 3 is 0.864 bits per heavy atom. The SMILES string of the molecule is OCCCc1cc(CCCO)c(CCCO)cc1CCCO. The predicted molar refractivity (Wildman–Crippen MR) is 88.1 cm³/mol. The lowest BCUT2D eigenvalue weighted by Crippen LogP contribution is -2.05. The van der Waals surface area contributed by atoms with Crippen molar-refractivity contribution in [1.29, 1.82) is 0 Å². The fourth-order valence-electron chi connectivity index (χ4n) is 2.80. The minimum Gasteiger partial charge on any atom is -0.396 e. The number of aliphatic hydroxyl groups excluding tert-OH is 4. The van der Waals surface area contributed by atoms with Crippen LogP contribution in [0.25, 0.3) is 0 Å². The van der Waals surface area contributed by atoms with Crippen LogP contribution < -0.4 is 0 Å². The Hall–Kier alpha value is -0.940. The van der Waals surface area contributed by atoms with Crippen molar-refractivity contribution in [3.8, 4) is 0 Å². The van der Waals surface area contributed by atoms with E-state index >= 15 is 0 Å². The molecule has 0 amide bonds. The average molecular weight is 310 g/mol. The van der Waals surface area contributed by atoms with Gasteiger partial charge in [0, 0.05) is 26.4 Å². The van der Waals surface area contributed by atoms with Gasteiger partial charge in [0.15, 0.2) is 0 Å². The molecular weight excluding hydrogens is 280 g/mol. The Morgan fingerprint density at radius 1 is 0.455 bits per heavy atom. The van der Waals surface area contributed by atoms with Crippen molar-refractivity contribution in [3.05, 3.63) is 34.4 Å². The maximum atomic E-state index is 9.08. The first-order chi connectivity index (χ1) is 10.8. The highest BCUT2D eigenvalue weighted by Gasteiger charge is 2.10. The van der Waals surface area contributed by atoms with E-state index < -0.39 is 0 Å². The normalized spacial score (nSPS) is 11.1. The summed E-state index contributed by atoms with van der Waals surface area (Å²) in [5, 5.41) is 36.3. The van der Waals surface area contributed by atoms with Gasteiger partial charge in [0.25, 0.3) is 0 Å². The van der Waals surface area contributed by atoms with Gasteiger partial charge in [-0.2, -0.15) is 0 Å². The zero-order valence-corrected chi connectivity index (χ0v) is 13.4. The number of hydrogen-bond donors (Lipinski definition) is 4. The molecule has 4 N–H and O–H groups in total. The van der Waals surface area contributed by atoms with Crippen LogP contribution in [-0.2, 0) is 25.7 Å². The first kappa shape index (κ1) is 19.1. The molecule has 0 aliphatic heterocycles. The Balaban J connectivity index is 3.04. The molecular formula is C18H30O4. The van der Waals surface area contributed by atoms with Crippen molar-refractivity contribution < 1.29 is 20.4 Å². The van der Waals surface area contributed by atoms with Crippen LogP contribution in [0.5, 0.6) is 0 Å². The van der Waals surface area contributed by atoms with Crippen LogP contribution in [0.2, 0.25) is 0 Å². The summed E-state index contributed by atoms with van der Waals surface area (Å²) in [5.41, 5.74) is 4.96. The van der Waals surface area contributed by atoms with Crippen molar-refractivity contribution in [2.45, 2.75) is 51.4 Å². The Bertz CT molecular complexity index is 344. The third-order valence-corrected chi connectivity index (χ3v) is 3.94. The number of hydrogen-bond acceptors (Lipinski definition) is 4. The largest absolute Gasteiger partial charge is 0.396 e. The number of aliphatic hydroxyl groups is 4. The van der Waals surface area contributed by atoms with Crippen LogP contribution in [0, 0.1) is 0 Å². The maximum absolute atomic E-state index is 9.08. The molecule has 0 saturated carbocycles. The first-order valence-corrected chi connectivity index (χ1v) is 8.33. The van der Waals surface area contributed by atoms with Crippen LogP contribution in [0.15, 0.2) is 12.1 Å². The molecule has 1 rings (SSSR count). The number of aryl methyl sites for hydroxylation is 4. The highest BCUT2D eigenvalue weighted by molar-refractivity contribution is 5.39. The Labute approximate surface area is 133 Å². The predicted octanol–water partition coefficient (Wildman–Crippen LogP) is 1.39. The van der Waals surface area contributed by atoms with Crippen LogP contribution in [0.4, 0.5) is 0 Å². The van der Waals surface area contributed by atoms with Crippen molar-refractivity contribution in [3.63, 3.8) is 0 Å². The standard InChI is InChI=1S/C18H30O4/c19-9-1-5-15-13-17(7-3-11-21)18(8-4-12-22)14-16(15)6-2-10-20/h13-14,19-22H,1-12H2. The van der Waals surface area contributed by atoms with E-state index in [-0.39, 0.29) is 26.4 Å². The molecule has 22 heavy (non-hydrogen) atoms. The summed E-state index contributed by atoms with van der Waals surface area (Å²) < 4.78 is 0. The summed E-state index contributed by atoms with van der Waals surface area (Å²) in [6, 6.07) is 4.40. The van der Waals surface area contributed by atoms with Gasteiger partial charge in [-0.05, 0) is 73.6 Å². The lowest BCUT2D eigenvalue weighted by atomic mass is 9.90. The second-order valence-corrected chi connectivity index (χ2v) is 5.70. The first-order valence-electron chi connectivity index (χ1n) is 8.33. The van der Waals surface area contributed by atoms with E-state index in [2.05, 4.69) is 12.1 Å². The molecule has 0 aromatic heterocycles. The van der Waals surface area contributed by atoms with Crippen LogP contribution >= 0.6 is 0 Å². The quantitative estimate of drug-likeness (QED) is 0.470. The van der Waals surface area contributed by atoms with Gasteiger partial charge in [-0.25, -0.2) is 0 Å². The molecule has 0 unspecified atom stereocenters. The van der Waals surface area contributed by atoms with Gasteiger partial charge in [-0.1, -0.05) is 12.1 Å². The molecule has 4 nitrogen and oxygen atoms in total. The molecule has 0 radical (unpaired) electrons. The van der Waals surface area contributed by atoms with Gasteiger partial charge in [0.05, 0.1) is 0 Å². The highest BCUT2D eigenvalue weighted by atomic mass is 16.3.